The van der Waals surface area contributed by atoms with Crippen LogP contribution in [0.25, 0.3) is 6.08 Å². The van der Waals surface area contributed by atoms with Gasteiger partial charge in [0.1, 0.15) is 11.5 Å². The van der Waals surface area contributed by atoms with E-state index in [9.17, 15) is 9.59 Å². The predicted octanol–water partition coefficient (Wildman–Crippen LogP) is 2.94. The largest absolute Gasteiger partial charge is 0.497 e. The van der Waals surface area contributed by atoms with Crippen LogP contribution in [0.5, 0.6) is 11.5 Å². The molecule has 0 bridgehead atoms. The Morgan fingerprint density at radius 2 is 1.74 bits per heavy atom. The number of hydrogen-bond acceptors (Lipinski definition) is 4. The molecule has 0 saturated carbocycles. The molecule has 2 aromatic rings. The van der Waals surface area contributed by atoms with Crippen LogP contribution in [0.3, 0.4) is 0 Å². The quantitative estimate of drug-likeness (QED) is 0.607. The standard InChI is InChI=1S/C21H24N2O4/c1-14-6-5-7-19(15(14)2)27-16(3)21(25)23-22-20(24)13-10-17-8-11-18(26-4)12-9-17/h5-13,16H,1-4H3,(H,22,24)(H,23,25)/b13-10+/t16-/m0/s1. The fraction of sp³-hybridized carbons (Fsp3) is 0.238. The molecule has 0 aromatic heterocycles. The van der Waals surface area contributed by atoms with Crippen LogP contribution < -0.4 is 20.3 Å². The van der Waals surface area contributed by atoms with Crippen LogP contribution in [0, 0.1) is 13.8 Å². The summed E-state index contributed by atoms with van der Waals surface area (Å²) in [4.78, 5) is 23.9. The van der Waals surface area contributed by atoms with Crippen LogP contribution in [0.15, 0.2) is 48.5 Å². The van der Waals surface area contributed by atoms with Gasteiger partial charge in [-0.15, -0.1) is 0 Å². The minimum absolute atomic E-state index is 0.442. The van der Waals surface area contributed by atoms with E-state index >= 15 is 0 Å². The first kappa shape index (κ1) is 20.0. The number of ether oxygens (including phenoxy) is 2. The predicted molar refractivity (Wildman–Crippen MR) is 104 cm³/mol. The molecule has 2 N–H and O–H groups in total. The molecular formula is C21H24N2O4. The van der Waals surface area contributed by atoms with Crippen molar-refractivity contribution in [1.82, 2.24) is 10.9 Å². The number of methoxy groups -OCH3 is 1. The summed E-state index contributed by atoms with van der Waals surface area (Å²) in [5.74, 6) is 0.491. The number of carbonyl (C=O) groups excluding carboxylic acids is 2. The summed E-state index contributed by atoms with van der Waals surface area (Å²) < 4.78 is 10.8. The van der Waals surface area contributed by atoms with Gasteiger partial charge in [-0.3, -0.25) is 20.4 Å². The molecule has 2 rings (SSSR count). The summed E-state index contributed by atoms with van der Waals surface area (Å²) in [7, 11) is 1.59. The molecule has 6 nitrogen and oxygen atoms in total. The Morgan fingerprint density at radius 1 is 1.04 bits per heavy atom. The second kappa shape index (κ2) is 9.43. The van der Waals surface area contributed by atoms with Crippen LogP contribution in [0.4, 0.5) is 0 Å². The summed E-state index contributed by atoms with van der Waals surface area (Å²) in [5.41, 5.74) is 7.59. The first-order valence-electron chi connectivity index (χ1n) is 8.55. The smallest absolute Gasteiger partial charge is 0.279 e. The number of carbonyl (C=O) groups is 2. The van der Waals surface area contributed by atoms with Gasteiger partial charge in [-0.05, 0) is 61.7 Å². The van der Waals surface area contributed by atoms with Crippen LogP contribution >= 0.6 is 0 Å². The number of nitrogens with one attached hydrogen (secondary N) is 2. The van der Waals surface area contributed by atoms with Gasteiger partial charge in [0.15, 0.2) is 6.10 Å². The number of hydrazine groups is 1. The molecule has 1 atom stereocenters. The van der Waals surface area contributed by atoms with Crippen molar-refractivity contribution in [2.75, 3.05) is 7.11 Å². The number of amides is 2. The van der Waals surface area contributed by atoms with Crippen molar-refractivity contribution >= 4 is 17.9 Å². The van der Waals surface area contributed by atoms with Crippen molar-refractivity contribution in [2.24, 2.45) is 0 Å². The van der Waals surface area contributed by atoms with Crippen molar-refractivity contribution < 1.29 is 19.1 Å². The summed E-state index contributed by atoms with van der Waals surface area (Å²) in [6.07, 6.45) is 2.21. The Morgan fingerprint density at radius 3 is 2.41 bits per heavy atom. The van der Waals surface area contributed by atoms with Crippen molar-refractivity contribution in [2.45, 2.75) is 26.9 Å². The fourth-order valence-electron chi connectivity index (χ4n) is 2.25. The Bertz CT molecular complexity index is 829. The highest BCUT2D eigenvalue weighted by Gasteiger charge is 2.16. The van der Waals surface area contributed by atoms with E-state index in [0.29, 0.717) is 5.75 Å². The highest BCUT2D eigenvalue weighted by Crippen LogP contribution is 2.21. The maximum absolute atomic E-state index is 12.1. The molecule has 0 heterocycles. The zero-order chi connectivity index (χ0) is 19.8. The molecule has 0 aliphatic rings. The van der Waals surface area contributed by atoms with Crippen LogP contribution in [-0.2, 0) is 9.59 Å². The van der Waals surface area contributed by atoms with Crippen molar-refractivity contribution in [3.63, 3.8) is 0 Å². The lowest BCUT2D eigenvalue weighted by Gasteiger charge is -2.17. The third-order valence-corrected chi connectivity index (χ3v) is 4.08. The van der Waals surface area contributed by atoms with E-state index in [0.717, 1.165) is 22.4 Å². The molecule has 0 spiro atoms. The van der Waals surface area contributed by atoms with Crippen LogP contribution in [0.1, 0.15) is 23.6 Å². The van der Waals surface area contributed by atoms with Gasteiger partial charge in [0.25, 0.3) is 11.8 Å². The molecule has 0 saturated heterocycles. The Kier molecular flexibility index (Phi) is 7.00. The molecule has 0 fully saturated rings. The highest BCUT2D eigenvalue weighted by atomic mass is 16.5. The first-order chi connectivity index (χ1) is 12.9. The van der Waals surface area contributed by atoms with Gasteiger partial charge in [0.2, 0.25) is 0 Å². The Labute approximate surface area is 159 Å². The lowest BCUT2D eigenvalue weighted by atomic mass is 10.1. The third kappa shape index (κ3) is 5.88. The molecule has 27 heavy (non-hydrogen) atoms. The monoisotopic (exact) mass is 368 g/mol. The van der Waals surface area contributed by atoms with Gasteiger partial charge in [-0.2, -0.15) is 0 Å². The van der Waals surface area contributed by atoms with E-state index in [4.69, 9.17) is 9.47 Å². The fourth-order valence-corrected chi connectivity index (χ4v) is 2.25. The van der Waals surface area contributed by atoms with E-state index in [1.807, 2.05) is 44.2 Å². The molecule has 0 aliphatic heterocycles. The minimum atomic E-state index is -0.753. The second-order valence-corrected chi connectivity index (χ2v) is 6.04. The number of benzene rings is 2. The Balaban J connectivity index is 1.83. The lowest BCUT2D eigenvalue weighted by molar-refractivity contribution is -0.131. The lowest BCUT2D eigenvalue weighted by Crippen LogP contribution is -2.46. The van der Waals surface area contributed by atoms with Gasteiger partial charge in [-0.25, -0.2) is 0 Å². The van der Waals surface area contributed by atoms with Gasteiger partial charge in [0, 0.05) is 6.08 Å². The number of aryl methyl sites for hydroxylation is 1. The molecule has 0 unspecified atom stereocenters. The zero-order valence-corrected chi connectivity index (χ0v) is 15.9. The maximum Gasteiger partial charge on any atom is 0.279 e. The third-order valence-electron chi connectivity index (χ3n) is 4.08. The maximum atomic E-state index is 12.1. The van der Waals surface area contributed by atoms with Gasteiger partial charge < -0.3 is 9.47 Å². The summed E-state index contributed by atoms with van der Waals surface area (Å²) in [5, 5.41) is 0. The van der Waals surface area contributed by atoms with E-state index in [-0.39, 0.29) is 0 Å². The summed E-state index contributed by atoms with van der Waals surface area (Å²) >= 11 is 0. The Hall–Kier alpha value is -3.28. The van der Waals surface area contributed by atoms with Crippen LogP contribution in [-0.4, -0.2) is 25.0 Å². The van der Waals surface area contributed by atoms with Crippen molar-refractivity contribution in [3.8, 4) is 11.5 Å². The van der Waals surface area contributed by atoms with Crippen LogP contribution in [0.2, 0.25) is 0 Å². The van der Waals surface area contributed by atoms with E-state index in [1.165, 1.54) is 6.08 Å². The van der Waals surface area contributed by atoms with Gasteiger partial charge >= 0.3 is 0 Å². The normalized spacial score (nSPS) is 11.7. The average Bonchev–Trinajstić information content (AvgIpc) is 2.68. The molecule has 0 radical (unpaired) electrons. The molecule has 2 amide bonds. The zero-order valence-electron chi connectivity index (χ0n) is 15.9. The molecule has 6 heteroatoms. The average molecular weight is 368 g/mol. The van der Waals surface area contributed by atoms with Crippen molar-refractivity contribution in [1.29, 1.82) is 0 Å². The van der Waals surface area contributed by atoms with Gasteiger partial charge in [-0.1, -0.05) is 24.3 Å². The molecular weight excluding hydrogens is 344 g/mol. The van der Waals surface area contributed by atoms with E-state index in [1.54, 1.807) is 32.2 Å². The topological polar surface area (TPSA) is 76.7 Å². The second-order valence-electron chi connectivity index (χ2n) is 6.04. The summed E-state index contributed by atoms with van der Waals surface area (Å²) in [6, 6.07) is 12.9. The molecule has 142 valence electrons. The van der Waals surface area contributed by atoms with E-state index < -0.39 is 17.9 Å². The van der Waals surface area contributed by atoms with E-state index in [2.05, 4.69) is 10.9 Å². The van der Waals surface area contributed by atoms with Gasteiger partial charge in [0.05, 0.1) is 7.11 Å². The highest BCUT2D eigenvalue weighted by molar-refractivity contribution is 5.93. The molecule has 2 aromatic carbocycles. The first-order valence-corrected chi connectivity index (χ1v) is 8.55. The molecule has 0 aliphatic carbocycles. The SMILES string of the molecule is COc1ccc(/C=C/C(=O)NNC(=O)[C@H](C)Oc2cccc(C)c2C)cc1. The van der Waals surface area contributed by atoms with Crippen molar-refractivity contribution in [3.05, 3.63) is 65.2 Å². The number of rotatable bonds is 6. The summed E-state index contributed by atoms with van der Waals surface area (Å²) in [6.45, 7) is 5.53. The number of hydrogen-bond donors (Lipinski definition) is 2. The minimum Gasteiger partial charge on any atom is -0.497 e.